The molecule has 7 nitrogen and oxygen atoms in total. The largest absolute Gasteiger partial charge is 0.355 e. The lowest BCUT2D eigenvalue weighted by atomic mass is 10.1. The van der Waals surface area contributed by atoms with Gasteiger partial charge < -0.3 is 10.2 Å². The number of anilines is 1. The number of carbonyl (C=O) groups excluding carboxylic acids is 2. The fraction of sp³-hybridized carbons (Fsp3) is 0.364. The van der Waals surface area contributed by atoms with Gasteiger partial charge >= 0.3 is 0 Å². The number of rotatable bonds is 9. The summed E-state index contributed by atoms with van der Waals surface area (Å²) in [5.41, 5.74) is 0.955. The molecule has 0 aliphatic carbocycles. The molecule has 0 radical (unpaired) electrons. The molecule has 2 aromatic rings. The van der Waals surface area contributed by atoms with Gasteiger partial charge in [-0.2, -0.15) is 0 Å². The van der Waals surface area contributed by atoms with Crippen LogP contribution < -0.4 is 9.62 Å². The molecule has 0 aromatic heterocycles. The predicted octanol–water partition coefficient (Wildman–Crippen LogP) is 3.11. The zero-order valence-corrected chi connectivity index (χ0v) is 20.0. The second-order valence-corrected chi connectivity index (χ2v) is 9.65. The lowest BCUT2D eigenvalue weighted by Gasteiger charge is -2.32. The Bertz CT molecular complexity index is 1090. The Morgan fingerprint density at radius 1 is 1.16 bits per heavy atom. The maximum Gasteiger partial charge on any atom is 0.244 e. The molecule has 0 fully saturated rings. The zero-order valence-electron chi connectivity index (χ0n) is 18.4. The van der Waals surface area contributed by atoms with Gasteiger partial charge in [0.25, 0.3) is 0 Å². The van der Waals surface area contributed by atoms with Gasteiger partial charge in [-0.3, -0.25) is 13.9 Å². The fourth-order valence-corrected chi connectivity index (χ4v) is 4.25. The van der Waals surface area contributed by atoms with Crippen LogP contribution >= 0.6 is 11.6 Å². The summed E-state index contributed by atoms with van der Waals surface area (Å²) >= 11 is 6.15. The standard InChI is InChI=1S/C22H27ClFN3O4S/c1-5-25-22(29)16(3)26(13-17-9-6-7-11-19(17)24)21(28)14-27(32(4,30)31)20-12-8-10-18(23)15(20)2/h6-12,16H,5,13-14H2,1-4H3,(H,25,29)/t16-/m0/s1. The summed E-state index contributed by atoms with van der Waals surface area (Å²) in [5.74, 6) is -1.61. The molecule has 0 saturated carbocycles. The Morgan fingerprint density at radius 3 is 2.41 bits per heavy atom. The lowest BCUT2D eigenvalue weighted by Crippen LogP contribution is -2.51. The van der Waals surface area contributed by atoms with Crippen LogP contribution in [0.4, 0.5) is 10.1 Å². The first-order valence-electron chi connectivity index (χ1n) is 10.0. The quantitative estimate of drug-likeness (QED) is 0.593. The summed E-state index contributed by atoms with van der Waals surface area (Å²) in [6.07, 6.45) is 0.981. The van der Waals surface area contributed by atoms with Gasteiger partial charge in [0, 0.05) is 23.7 Å². The van der Waals surface area contributed by atoms with Crippen LogP contribution in [-0.4, -0.2) is 50.5 Å². The van der Waals surface area contributed by atoms with Crippen molar-refractivity contribution in [2.75, 3.05) is 23.7 Å². The number of amides is 2. The molecule has 174 valence electrons. The minimum Gasteiger partial charge on any atom is -0.355 e. The summed E-state index contributed by atoms with van der Waals surface area (Å²) in [7, 11) is -3.87. The van der Waals surface area contributed by atoms with Crippen LogP contribution in [0.15, 0.2) is 42.5 Å². The molecule has 1 atom stereocenters. The van der Waals surface area contributed by atoms with E-state index in [0.29, 0.717) is 17.1 Å². The highest BCUT2D eigenvalue weighted by molar-refractivity contribution is 7.92. The number of benzene rings is 2. The van der Waals surface area contributed by atoms with Crippen LogP contribution in [0.2, 0.25) is 5.02 Å². The van der Waals surface area contributed by atoms with E-state index in [1.807, 2.05) is 0 Å². The van der Waals surface area contributed by atoms with E-state index in [9.17, 15) is 22.4 Å². The molecular weight excluding hydrogens is 457 g/mol. The highest BCUT2D eigenvalue weighted by atomic mass is 35.5. The summed E-state index contributed by atoms with van der Waals surface area (Å²) in [6, 6.07) is 9.70. The zero-order chi connectivity index (χ0) is 24.1. The van der Waals surface area contributed by atoms with Crippen molar-refractivity contribution in [3.8, 4) is 0 Å². The van der Waals surface area contributed by atoms with Gasteiger partial charge in [-0.05, 0) is 44.5 Å². The van der Waals surface area contributed by atoms with E-state index in [0.717, 1.165) is 10.6 Å². The molecule has 2 aromatic carbocycles. The first kappa shape index (κ1) is 25.6. The van der Waals surface area contributed by atoms with Crippen LogP contribution in [-0.2, 0) is 26.2 Å². The third-order valence-corrected chi connectivity index (χ3v) is 6.54. The summed E-state index contributed by atoms with van der Waals surface area (Å²) in [4.78, 5) is 27.0. The molecule has 2 amide bonds. The van der Waals surface area contributed by atoms with Gasteiger partial charge in [-0.15, -0.1) is 0 Å². The minimum atomic E-state index is -3.87. The van der Waals surface area contributed by atoms with Crippen LogP contribution in [0.1, 0.15) is 25.0 Å². The van der Waals surface area contributed by atoms with Crippen LogP contribution in [0.3, 0.4) is 0 Å². The first-order valence-corrected chi connectivity index (χ1v) is 12.2. The lowest BCUT2D eigenvalue weighted by molar-refractivity contribution is -0.139. The highest BCUT2D eigenvalue weighted by Crippen LogP contribution is 2.28. The highest BCUT2D eigenvalue weighted by Gasteiger charge is 2.31. The number of hydrogen-bond acceptors (Lipinski definition) is 4. The van der Waals surface area contributed by atoms with Gasteiger partial charge in [0.2, 0.25) is 21.8 Å². The van der Waals surface area contributed by atoms with Crippen LogP contribution in [0.5, 0.6) is 0 Å². The van der Waals surface area contributed by atoms with E-state index in [-0.39, 0.29) is 17.8 Å². The van der Waals surface area contributed by atoms with E-state index < -0.39 is 40.2 Å². The van der Waals surface area contributed by atoms with Gasteiger partial charge in [-0.1, -0.05) is 35.9 Å². The Labute approximate surface area is 193 Å². The maximum absolute atomic E-state index is 14.3. The average Bonchev–Trinajstić information content (AvgIpc) is 2.72. The van der Waals surface area contributed by atoms with Crippen molar-refractivity contribution in [2.24, 2.45) is 0 Å². The van der Waals surface area contributed by atoms with E-state index in [1.165, 1.54) is 30.0 Å². The normalized spacial score (nSPS) is 12.2. The summed E-state index contributed by atoms with van der Waals surface area (Å²) < 4.78 is 40.3. The van der Waals surface area contributed by atoms with Crippen LogP contribution in [0.25, 0.3) is 0 Å². The average molecular weight is 484 g/mol. The molecule has 0 aliphatic rings. The minimum absolute atomic E-state index is 0.198. The third-order valence-electron chi connectivity index (χ3n) is 5.00. The summed E-state index contributed by atoms with van der Waals surface area (Å²) in [5, 5.41) is 2.99. The Kier molecular flexibility index (Phi) is 8.63. The van der Waals surface area contributed by atoms with E-state index in [1.54, 1.807) is 38.1 Å². The predicted molar refractivity (Wildman–Crippen MR) is 123 cm³/mol. The van der Waals surface area contributed by atoms with Gasteiger partial charge in [0.1, 0.15) is 18.4 Å². The van der Waals surface area contributed by atoms with Crippen molar-refractivity contribution in [3.05, 3.63) is 64.4 Å². The summed E-state index contributed by atoms with van der Waals surface area (Å²) in [6.45, 7) is 4.48. The van der Waals surface area contributed by atoms with Crippen LogP contribution in [0, 0.1) is 12.7 Å². The number of likely N-dealkylation sites (N-methyl/N-ethyl adjacent to an activating group) is 1. The number of nitrogens with one attached hydrogen (secondary N) is 1. The Hall–Kier alpha value is -2.65. The molecule has 0 heterocycles. The fourth-order valence-electron chi connectivity index (χ4n) is 3.18. The Morgan fingerprint density at radius 2 is 1.81 bits per heavy atom. The second kappa shape index (κ2) is 10.8. The first-order chi connectivity index (χ1) is 15.0. The number of halogens is 2. The van der Waals surface area contributed by atoms with Crippen molar-refractivity contribution in [3.63, 3.8) is 0 Å². The van der Waals surface area contributed by atoms with Crippen molar-refractivity contribution in [2.45, 2.75) is 33.4 Å². The maximum atomic E-state index is 14.3. The molecule has 0 bridgehead atoms. The molecule has 0 spiro atoms. The number of sulfonamides is 1. The molecule has 10 heteroatoms. The molecule has 0 unspecified atom stereocenters. The van der Waals surface area contributed by atoms with Gasteiger partial charge in [0.15, 0.2) is 0 Å². The molecule has 32 heavy (non-hydrogen) atoms. The van der Waals surface area contributed by atoms with E-state index >= 15 is 0 Å². The molecule has 0 aliphatic heterocycles. The number of nitrogens with zero attached hydrogens (tertiary/aromatic N) is 2. The molecule has 2 rings (SSSR count). The van der Waals surface area contributed by atoms with Crippen molar-refractivity contribution >= 4 is 39.1 Å². The van der Waals surface area contributed by atoms with E-state index in [2.05, 4.69) is 5.32 Å². The molecule has 0 saturated heterocycles. The number of carbonyl (C=O) groups is 2. The smallest absolute Gasteiger partial charge is 0.244 e. The van der Waals surface area contributed by atoms with Crippen molar-refractivity contribution in [1.82, 2.24) is 10.2 Å². The second-order valence-electron chi connectivity index (χ2n) is 7.34. The topological polar surface area (TPSA) is 86.8 Å². The van der Waals surface area contributed by atoms with Crippen molar-refractivity contribution < 1.29 is 22.4 Å². The third kappa shape index (κ3) is 6.20. The molecular formula is C22H27ClFN3O4S. The van der Waals surface area contributed by atoms with Gasteiger partial charge in [-0.25, -0.2) is 12.8 Å². The SMILES string of the molecule is CCNC(=O)[C@H](C)N(Cc1ccccc1F)C(=O)CN(c1cccc(Cl)c1C)S(C)(=O)=O. The molecule has 1 N–H and O–H groups in total. The van der Waals surface area contributed by atoms with Gasteiger partial charge in [0.05, 0.1) is 11.9 Å². The van der Waals surface area contributed by atoms with Crippen molar-refractivity contribution in [1.29, 1.82) is 0 Å². The number of hydrogen-bond donors (Lipinski definition) is 1. The Balaban J connectivity index is 2.45. The van der Waals surface area contributed by atoms with E-state index in [4.69, 9.17) is 11.6 Å². The monoisotopic (exact) mass is 483 g/mol.